The number of hydrogen-bond donors (Lipinski definition) is 1. The van der Waals surface area contributed by atoms with Crippen molar-refractivity contribution in [2.75, 3.05) is 5.73 Å². The van der Waals surface area contributed by atoms with Crippen LogP contribution in [0.5, 0.6) is 11.6 Å². The SMILES string of the molecule is Cc1nc(Cl)nc(Oc2ccc(Br)cc2C(C)C)c1N. The van der Waals surface area contributed by atoms with Crippen LogP contribution in [0, 0.1) is 6.92 Å². The van der Waals surface area contributed by atoms with Crippen LogP contribution in [0.1, 0.15) is 31.0 Å². The second kappa shape index (κ2) is 5.97. The Morgan fingerprint density at radius 2 is 2.00 bits per heavy atom. The van der Waals surface area contributed by atoms with E-state index >= 15 is 0 Å². The Morgan fingerprint density at radius 3 is 2.65 bits per heavy atom. The lowest BCUT2D eigenvalue weighted by Gasteiger charge is -2.15. The van der Waals surface area contributed by atoms with Crippen molar-refractivity contribution in [2.24, 2.45) is 0 Å². The van der Waals surface area contributed by atoms with Gasteiger partial charge in [0.05, 0.1) is 5.69 Å². The van der Waals surface area contributed by atoms with E-state index in [1.54, 1.807) is 6.92 Å². The van der Waals surface area contributed by atoms with Gasteiger partial charge in [0.2, 0.25) is 11.2 Å². The molecule has 0 unspecified atom stereocenters. The molecule has 0 bridgehead atoms. The smallest absolute Gasteiger partial charge is 0.247 e. The van der Waals surface area contributed by atoms with Crippen molar-refractivity contribution in [1.29, 1.82) is 0 Å². The fourth-order valence-corrected chi connectivity index (χ4v) is 2.35. The van der Waals surface area contributed by atoms with Crippen LogP contribution < -0.4 is 10.5 Å². The van der Waals surface area contributed by atoms with Gasteiger partial charge in [0.15, 0.2) is 0 Å². The summed E-state index contributed by atoms with van der Waals surface area (Å²) in [7, 11) is 0. The third kappa shape index (κ3) is 3.22. The Hall–Kier alpha value is -1.33. The monoisotopic (exact) mass is 355 g/mol. The fourth-order valence-electron chi connectivity index (χ4n) is 1.77. The van der Waals surface area contributed by atoms with Gasteiger partial charge in [0, 0.05) is 4.47 Å². The molecule has 2 aromatic rings. The van der Waals surface area contributed by atoms with Gasteiger partial charge in [-0.25, -0.2) is 4.98 Å². The number of halogens is 2. The molecule has 0 atom stereocenters. The summed E-state index contributed by atoms with van der Waals surface area (Å²) in [6, 6.07) is 5.81. The number of nitrogen functional groups attached to an aromatic ring is 1. The van der Waals surface area contributed by atoms with Crippen molar-refractivity contribution in [3.63, 3.8) is 0 Å². The van der Waals surface area contributed by atoms with E-state index in [9.17, 15) is 0 Å². The van der Waals surface area contributed by atoms with Crippen molar-refractivity contribution >= 4 is 33.2 Å². The van der Waals surface area contributed by atoms with Crippen molar-refractivity contribution < 1.29 is 4.74 Å². The first-order valence-corrected chi connectivity index (χ1v) is 7.32. The van der Waals surface area contributed by atoms with Crippen LogP contribution in [-0.4, -0.2) is 9.97 Å². The van der Waals surface area contributed by atoms with E-state index in [0.29, 0.717) is 23.0 Å². The Kier molecular flexibility index (Phi) is 4.50. The number of rotatable bonds is 3. The predicted molar refractivity (Wildman–Crippen MR) is 84.5 cm³/mol. The van der Waals surface area contributed by atoms with Gasteiger partial charge in [-0.15, -0.1) is 0 Å². The minimum Gasteiger partial charge on any atom is -0.437 e. The van der Waals surface area contributed by atoms with E-state index < -0.39 is 0 Å². The molecule has 20 heavy (non-hydrogen) atoms. The summed E-state index contributed by atoms with van der Waals surface area (Å²) in [5.41, 5.74) is 7.99. The zero-order valence-corrected chi connectivity index (χ0v) is 13.8. The molecule has 0 saturated carbocycles. The van der Waals surface area contributed by atoms with Crippen LogP contribution in [0.2, 0.25) is 5.28 Å². The summed E-state index contributed by atoms with van der Waals surface area (Å²) < 4.78 is 6.84. The number of hydrogen-bond acceptors (Lipinski definition) is 4. The number of benzene rings is 1. The van der Waals surface area contributed by atoms with Gasteiger partial charge in [0.1, 0.15) is 11.4 Å². The second-order valence-corrected chi connectivity index (χ2v) is 5.99. The molecule has 0 aliphatic rings. The molecular formula is C14H15BrClN3O. The normalized spacial score (nSPS) is 10.9. The van der Waals surface area contributed by atoms with E-state index in [-0.39, 0.29) is 11.2 Å². The van der Waals surface area contributed by atoms with E-state index in [1.165, 1.54) is 0 Å². The summed E-state index contributed by atoms with van der Waals surface area (Å²) in [5.74, 6) is 1.30. The highest BCUT2D eigenvalue weighted by Gasteiger charge is 2.14. The molecule has 0 amide bonds. The van der Waals surface area contributed by atoms with Gasteiger partial charge in [-0.05, 0) is 48.2 Å². The standard InChI is InChI=1S/C14H15BrClN3O/c1-7(2)10-6-9(15)4-5-11(10)20-13-12(17)8(3)18-14(16)19-13/h4-7H,17H2,1-3H3. The number of aromatic nitrogens is 2. The predicted octanol–water partition coefficient (Wildman–Crippen LogP) is 4.70. The third-order valence-corrected chi connectivity index (χ3v) is 3.54. The summed E-state index contributed by atoms with van der Waals surface area (Å²) in [5, 5.41) is 0.120. The highest BCUT2D eigenvalue weighted by atomic mass is 79.9. The first-order chi connectivity index (χ1) is 9.38. The average molecular weight is 357 g/mol. The fraction of sp³-hybridized carbons (Fsp3) is 0.286. The molecule has 6 heteroatoms. The molecule has 2 rings (SSSR count). The largest absolute Gasteiger partial charge is 0.437 e. The molecule has 0 aliphatic heterocycles. The van der Waals surface area contributed by atoms with Crippen molar-refractivity contribution in [1.82, 2.24) is 9.97 Å². The molecule has 0 spiro atoms. The van der Waals surface area contributed by atoms with Crippen LogP contribution in [0.15, 0.2) is 22.7 Å². The minimum absolute atomic E-state index is 0.120. The summed E-state index contributed by atoms with van der Waals surface area (Å²) in [4.78, 5) is 8.04. The first-order valence-electron chi connectivity index (χ1n) is 6.15. The molecule has 1 aromatic heterocycles. The minimum atomic E-state index is 0.120. The Morgan fingerprint density at radius 1 is 1.30 bits per heavy atom. The van der Waals surface area contributed by atoms with Crippen molar-refractivity contribution in [3.8, 4) is 11.6 Å². The van der Waals surface area contributed by atoms with E-state index in [1.807, 2.05) is 18.2 Å². The lowest BCUT2D eigenvalue weighted by atomic mass is 10.0. The highest BCUT2D eigenvalue weighted by molar-refractivity contribution is 9.10. The molecule has 0 fully saturated rings. The van der Waals surface area contributed by atoms with E-state index in [2.05, 4.69) is 39.7 Å². The van der Waals surface area contributed by atoms with Crippen LogP contribution >= 0.6 is 27.5 Å². The first kappa shape index (κ1) is 15.1. The number of ether oxygens (including phenoxy) is 1. The van der Waals surface area contributed by atoms with Gasteiger partial charge in [0.25, 0.3) is 0 Å². The van der Waals surface area contributed by atoms with E-state index in [4.69, 9.17) is 22.1 Å². The van der Waals surface area contributed by atoms with Crippen LogP contribution in [0.3, 0.4) is 0 Å². The highest BCUT2D eigenvalue weighted by Crippen LogP contribution is 2.34. The van der Waals surface area contributed by atoms with Gasteiger partial charge in [-0.1, -0.05) is 29.8 Å². The van der Waals surface area contributed by atoms with Gasteiger partial charge in [-0.3, -0.25) is 0 Å². The Balaban J connectivity index is 2.45. The number of nitrogens with two attached hydrogens (primary N) is 1. The molecule has 106 valence electrons. The lowest BCUT2D eigenvalue weighted by molar-refractivity contribution is 0.455. The quantitative estimate of drug-likeness (QED) is 0.810. The number of nitrogens with zero attached hydrogens (tertiary/aromatic N) is 2. The number of aryl methyl sites for hydroxylation is 1. The summed E-state index contributed by atoms with van der Waals surface area (Å²) in [6.07, 6.45) is 0. The Bertz CT molecular complexity index is 647. The molecule has 0 saturated heterocycles. The molecule has 1 heterocycles. The van der Waals surface area contributed by atoms with Crippen molar-refractivity contribution in [2.45, 2.75) is 26.7 Å². The molecule has 2 N–H and O–H groups in total. The summed E-state index contributed by atoms with van der Waals surface area (Å²) >= 11 is 9.31. The molecule has 0 aliphatic carbocycles. The molecule has 4 nitrogen and oxygen atoms in total. The Labute approximate surface area is 131 Å². The third-order valence-electron chi connectivity index (χ3n) is 2.87. The van der Waals surface area contributed by atoms with Gasteiger partial charge < -0.3 is 10.5 Å². The average Bonchev–Trinajstić information content (AvgIpc) is 2.37. The maximum atomic E-state index is 5.94. The molecule has 0 radical (unpaired) electrons. The molecule has 1 aromatic carbocycles. The topological polar surface area (TPSA) is 61.0 Å². The number of anilines is 1. The van der Waals surface area contributed by atoms with Crippen LogP contribution in [0.4, 0.5) is 5.69 Å². The zero-order chi connectivity index (χ0) is 14.9. The van der Waals surface area contributed by atoms with Gasteiger partial charge >= 0.3 is 0 Å². The summed E-state index contributed by atoms with van der Waals surface area (Å²) in [6.45, 7) is 5.95. The maximum absolute atomic E-state index is 5.94. The zero-order valence-electron chi connectivity index (χ0n) is 11.4. The van der Waals surface area contributed by atoms with Crippen LogP contribution in [-0.2, 0) is 0 Å². The lowest BCUT2D eigenvalue weighted by Crippen LogP contribution is -2.02. The molecular weight excluding hydrogens is 342 g/mol. The van der Waals surface area contributed by atoms with Crippen LogP contribution in [0.25, 0.3) is 0 Å². The van der Waals surface area contributed by atoms with E-state index in [0.717, 1.165) is 10.0 Å². The maximum Gasteiger partial charge on any atom is 0.247 e. The van der Waals surface area contributed by atoms with Crippen molar-refractivity contribution in [3.05, 3.63) is 39.2 Å². The second-order valence-electron chi connectivity index (χ2n) is 4.74. The van der Waals surface area contributed by atoms with Gasteiger partial charge in [-0.2, -0.15) is 4.98 Å².